The van der Waals surface area contributed by atoms with Crippen LogP contribution in [0.3, 0.4) is 0 Å². The Labute approximate surface area is 139 Å². The van der Waals surface area contributed by atoms with Crippen molar-refractivity contribution in [1.29, 1.82) is 0 Å². The fraction of sp³-hybridized carbons (Fsp3) is 0.684. The van der Waals surface area contributed by atoms with Crippen LogP contribution in [-0.2, 0) is 0 Å². The summed E-state index contributed by atoms with van der Waals surface area (Å²) in [5.41, 5.74) is 2.91. The fourth-order valence-electron chi connectivity index (χ4n) is 3.71. The molecule has 0 aliphatic heterocycles. The van der Waals surface area contributed by atoms with Crippen molar-refractivity contribution in [3.63, 3.8) is 0 Å². The van der Waals surface area contributed by atoms with Crippen LogP contribution in [0, 0.1) is 24.7 Å². The Morgan fingerprint density at radius 1 is 1.24 bits per heavy atom. The van der Waals surface area contributed by atoms with Crippen molar-refractivity contribution in [1.82, 2.24) is 5.32 Å². The van der Waals surface area contributed by atoms with Crippen molar-refractivity contribution < 1.29 is 0 Å². The average molecular weight is 352 g/mol. The predicted molar refractivity (Wildman–Crippen MR) is 95.6 cm³/mol. The smallest absolute Gasteiger partial charge is 0.0351 e. The minimum Gasteiger partial charge on any atom is -0.310 e. The summed E-state index contributed by atoms with van der Waals surface area (Å²) < 4.78 is 1.18. The van der Waals surface area contributed by atoms with Gasteiger partial charge in [-0.15, -0.1) is 0 Å². The first-order chi connectivity index (χ1) is 10.0. The predicted octanol–water partition coefficient (Wildman–Crippen LogP) is 5.87. The van der Waals surface area contributed by atoms with Gasteiger partial charge < -0.3 is 5.32 Å². The van der Waals surface area contributed by atoms with E-state index in [1.165, 1.54) is 41.3 Å². The quantitative estimate of drug-likeness (QED) is 0.699. The molecule has 0 aromatic heterocycles. The highest BCUT2D eigenvalue weighted by Crippen LogP contribution is 2.40. The van der Waals surface area contributed by atoms with Gasteiger partial charge in [-0.05, 0) is 73.7 Å². The third-order valence-corrected chi connectivity index (χ3v) is 5.78. The van der Waals surface area contributed by atoms with Gasteiger partial charge in [0.2, 0.25) is 0 Å². The molecule has 2 rings (SSSR count). The number of hydrogen-bond acceptors (Lipinski definition) is 1. The van der Waals surface area contributed by atoms with Crippen molar-refractivity contribution >= 4 is 15.9 Å². The van der Waals surface area contributed by atoms with Crippen molar-refractivity contribution in [2.45, 2.75) is 59.4 Å². The molecule has 0 amide bonds. The van der Waals surface area contributed by atoms with Crippen LogP contribution < -0.4 is 5.32 Å². The normalized spacial score (nSPS) is 27.6. The molecular formula is C19H30BrN. The molecule has 0 radical (unpaired) electrons. The van der Waals surface area contributed by atoms with E-state index < -0.39 is 0 Å². The van der Waals surface area contributed by atoms with E-state index in [0.717, 1.165) is 24.3 Å². The van der Waals surface area contributed by atoms with Gasteiger partial charge in [-0.1, -0.05) is 49.2 Å². The molecule has 0 heterocycles. The highest BCUT2D eigenvalue weighted by Gasteiger charge is 2.31. The molecule has 1 aromatic carbocycles. The fourth-order valence-corrected chi connectivity index (χ4v) is 4.19. The number of nitrogens with one attached hydrogen (secondary N) is 1. The molecule has 1 N–H and O–H groups in total. The Hall–Kier alpha value is -0.340. The van der Waals surface area contributed by atoms with Gasteiger partial charge in [-0.25, -0.2) is 0 Å². The van der Waals surface area contributed by atoms with Crippen molar-refractivity contribution in [2.75, 3.05) is 6.54 Å². The second-order valence-corrected chi connectivity index (χ2v) is 7.88. The zero-order valence-electron chi connectivity index (χ0n) is 14.0. The molecule has 2 heteroatoms. The lowest BCUT2D eigenvalue weighted by Crippen LogP contribution is -2.34. The lowest BCUT2D eigenvalue weighted by molar-refractivity contribution is 0.171. The highest BCUT2D eigenvalue weighted by atomic mass is 79.9. The number of benzene rings is 1. The van der Waals surface area contributed by atoms with Crippen LogP contribution in [0.2, 0.25) is 0 Å². The monoisotopic (exact) mass is 351 g/mol. The Morgan fingerprint density at radius 3 is 2.62 bits per heavy atom. The first-order valence-electron chi connectivity index (χ1n) is 8.52. The highest BCUT2D eigenvalue weighted by molar-refractivity contribution is 9.10. The third kappa shape index (κ3) is 4.32. The summed E-state index contributed by atoms with van der Waals surface area (Å²) in [5.74, 6) is 2.52. The molecule has 1 aliphatic carbocycles. The molecule has 4 unspecified atom stereocenters. The SMILES string of the molecule is CCCNC(c1ccc(Br)cc1C)C1CCC(C)C(C)C1. The summed E-state index contributed by atoms with van der Waals surface area (Å²) in [4.78, 5) is 0. The second-order valence-electron chi connectivity index (χ2n) is 6.96. The van der Waals surface area contributed by atoms with Gasteiger partial charge in [0.05, 0.1) is 0 Å². The minimum atomic E-state index is 0.521. The first-order valence-corrected chi connectivity index (χ1v) is 9.31. The molecule has 1 nitrogen and oxygen atoms in total. The van der Waals surface area contributed by atoms with Crippen LogP contribution >= 0.6 is 15.9 Å². The third-order valence-electron chi connectivity index (χ3n) is 5.29. The van der Waals surface area contributed by atoms with Crippen LogP contribution in [-0.4, -0.2) is 6.54 Å². The average Bonchev–Trinajstić information content (AvgIpc) is 2.44. The van der Waals surface area contributed by atoms with Gasteiger partial charge in [0.25, 0.3) is 0 Å². The number of aryl methyl sites for hydroxylation is 1. The number of hydrogen-bond donors (Lipinski definition) is 1. The van der Waals surface area contributed by atoms with Crippen molar-refractivity contribution in [2.24, 2.45) is 17.8 Å². The van der Waals surface area contributed by atoms with E-state index >= 15 is 0 Å². The first kappa shape index (κ1) is 17.0. The van der Waals surface area contributed by atoms with Gasteiger partial charge in [0.1, 0.15) is 0 Å². The van der Waals surface area contributed by atoms with Crippen LogP contribution in [0.15, 0.2) is 22.7 Å². The molecule has 1 fully saturated rings. The molecule has 1 aromatic rings. The summed E-state index contributed by atoms with van der Waals surface area (Å²) >= 11 is 3.59. The van der Waals surface area contributed by atoms with Gasteiger partial charge in [-0.3, -0.25) is 0 Å². The zero-order valence-corrected chi connectivity index (χ0v) is 15.5. The Bertz CT molecular complexity index is 457. The van der Waals surface area contributed by atoms with Crippen LogP contribution in [0.25, 0.3) is 0 Å². The summed E-state index contributed by atoms with van der Waals surface area (Å²) in [5, 5.41) is 3.84. The van der Waals surface area contributed by atoms with Gasteiger partial charge in [-0.2, -0.15) is 0 Å². The lowest BCUT2D eigenvalue weighted by Gasteiger charge is -2.38. The van der Waals surface area contributed by atoms with E-state index in [-0.39, 0.29) is 0 Å². The van der Waals surface area contributed by atoms with E-state index in [0.29, 0.717) is 6.04 Å². The minimum absolute atomic E-state index is 0.521. The second kappa shape index (κ2) is 7.78. The van der Waals surface area contributed by atoms with E-state index in [9.17, 15) is 0 Å². The van der Waals surface area contributed by atoms with Crippen molar-refractivity contribution in [3.8, 4) is 0 Å². The van der Waals surface area contributed by atoms with E-state index in [2.05, 4.69) is 67.1 Å². The molecular weight excluding hydrogens is 322 g/mol. The number of rotatable bonds is 5. The summed E-state index contributed by atoms with van der Waals surface area (Å²) in [6.07, 6.45) is 5.30. The molecule has 21 heavy (non-hydrogen) atoms. The van der Waals surface area contributed by atoms with Crippen LogP contribution in [0.4, 0.5) is 0 Å². The Balaban J connectivity index is 2.21. The molecule has 1 saturated carbocycles. The van der Waals surface area contributed by atoms with E-state index in [1.807, 2.05) is 0 Å². The molecule has 118 valence electrons. The van der Waals surface area contributed by atoms with Gasteiger partial charge in [0.15, 0.2) is 0 Å². The van der Waals surface area contributed by atoms with E-state index in [1.54, 1.807) is 0 Å². The maximum Gasteiger partial charge on any atom is 0.0351 e. The summed E-state index contributed by atoms with van der Waals surface area (Å²) in [6, 6.07) is 7.28. The number of halogens is 1. The van der Waals surface area contributed by atoms with Gasteiger partial charge in [0, 0.05) is 10.5 Å². The Morgan fingerprint density at radius 2 is 2.00 bits per heavy atom. The molecule has 4 atom stereocenters. The maximum atomic E-state index is 3.84. The lowest BCUT2D eigenvalue weighted by atomic mass is 9.71. The summed E-state index contributed by atoms with van der Waals surface area (Å²) in [7, 11) is 0. The maximum absolute atomic E-state index is 3.84. The van der Waals surface area contributed by atoms with Crippen LogP contribution in [0.5, 0.6) is 0 Å². The molecule has 1 aliphatic rings. The van der Waals surface area contributed by atoms with Crippen LogP contribution in [0.1, 0.15) is 63.6 Å². The topological polar surface area (TPSA) is 12.0 Å². The van der Waals surface area contributed by atoms with Crippen molar-refractivity contribution in [3.05, 3.63) is 33.8 Å². The van der Waals surface area contributed by atoms with Gasteiger partial charge >= 0.3 is 0 Å². The molecule has 0 spiro atoms. The largest absolute Gasteiger partial charge is 0.310 e. The Kier molecular flexibility index (Phi) is 6.31. The summed E-state index contributed by atoms with van der Waals surface area (Å²) in [6.45, 7) is 10.5. The standard InChI is InChI=1S/C19H30BrN/c1-5-10-21-19(16-7-6-13(2)14(3)11-16)18-9-8-17(20)12-15(18)4/h8-9,12-14,16,19,21H,5-7,10-11H2,1-4H3. The van der Waals surface area contributed by atoms with E-state index in [4.69, 9.17) is 0 Å². The zero-order chi connectivity index (χ0) is 15.4. The molecule has 0 bridgehead atoms. The molecule has 0 saturated heterocycles.